The zero-order chi connectivity index (χ0) is 8.85. The van der Waals surface area contributed by atoms with Crippen molar-refractivity contribution in [3.8, 4) is 0 Å². The smallest absolute Gasteiger partial charge is 0.324 e. The lowest BCUT2D eigenvalue weighted by atomic mass is 10.3. The van der Waals surface area contributed by atoms with Crippen LogP contribution in [-0.4, -0.2) is 23.7 Å². The molecule has 64 valence electrons. The van der Waals surface area contributed by atoms with Crippen molar-refractivity contribution in [1.29, 1.82) is 0 Å². The predicted octanol–water partition coefficient (Wildman–Crippen LogP) is 1.14. The first-order valence-electron chi connectivity index (χ1n) is 3.38. The van der Waals surface area contributed by atoms with Crippen LogP contribution in [0.2, 0.25) is 0 Å². The monoisotopic (exact) mass is 178 g/mol. The Hall–Kier alpha value is -0.570. The SMILES string of the molecule is CCC(Cl)C(=O)OCC(C)=O. The lowest BCUT2D eigenvalue weighted by molar-refractivity contribution is -0.147. The molecule has 0 fully saturated rings. The van der Waals surface area contributed by atoms with E-state index < -0.39 is 11.3 Å². The third-order valence-corrected chi connectivity index (χ3v) is 1.52. The van der Waals surface area contributed by atoms with Gasteiger partial charge in [-0.1, -0.05) is 6.92 Å². The Morgan fingerprint density at radius 2 is 2.09 bits per heavy atom. The van der Waals surface area contributed by atoms with Gasteiger partial charge in [0.05, 0.1) is 0 Å². The van der Waals surface area contributed by atoms with Crippen LogP contribution in [0.3, 0.4) is 0 Å². The molecule has 0 aliphatic heterocycles. The fraction of sp³-hybridized carbons (Fsp3) is 0.714. The minimum Gasteiger partial charge on any atom is -0.457 e. The van der Waals surface area contributed by atoms with Gasteiger partial charge >= 0.3 is 5.97 Å². The lowest BCUT2D eigenvalue weighted by Crippen LogP contribution is -2.19. The number of ketones is 1. The lowest BCUT2D eigenvalue weighted by Gasteiger charge is -2.04. The highest BCUT2D eigenvalue weighted by Crippen LogP contribution is 2.02. The zero-order valence-electron chi connectivity index (χ0n) is 6.59. The van der Waals surface area contributed by atoms with Gasteiger partial charge in [0.25, 0.3) is 0 Å². The Kier molecular flexibility index (Phi) is 4.86. The summed E-state index contributed by atoms with van der Waals surface area (Å²) in [5.41, 5.74) is 0. The topological polar surface area (TPSA) is 43.4 Å². The Bertz CT molecular complexity index is 156. The summed E-state index contributed by atoms with van der Waals surface area (Å²) in [6.45, 7) is 2.94. The molecule has 0 heterocycles. The van der Waals surface area contributed by atoms with Gasteiger partial charge in [-0.2, -0.15) is 0 Å². The van der Waals surface area contributed by atoms with Gasteiger partial charge in [-0.3, -0.25) is 9.59 Å². The van der Waals surface area contributed by atoms with E-state index in [-0.39, 0.29) is 12.4 Å². The fourth-order valence-corrected chi connectivity index (χ4v) is 0.493. The number of rotatable bonds is 4. The van der Waals surface area contributed by atoms with E-state index in [4.69, 9.17) is 11.6 Å². The van der Waals surface area contributed by atoms with E-state index in [1.165, 1.54) is 6.92 Å². The summed E-state index contributed by atoms with van der Waals surface area (Å²) in [5, 5.41) is -0.630. The summed E-state index contributed by atoms with van der Waals surface area (Å²) < 4.78 is 4.54. The molecule has 0 aromatic heterocycles. The molecule has 0 bridgehead atoms. The normalized spacial score (nSPS) is 12.3. The van der Waals surface area contributed by atoms with Crippen LogP contribution < -0.4 is 0 Å². The Morgan fingerprint density at radius 1 is 1.55 bits per heavy atom. The van der Waals surface area contributed by atoms with Crippen molar-refractivity contribution < 1.29 is 14.3 Å². The quantitative estimate of drug-likeness (QED) is 0.479. The molecule has 0 aliphatic carbocycles. The molecule has 4 heteroatoms. The van der Waals surface area contributed by atoms with Gasteiger partial charge in [-0.05, 0) is 13.3 Å². The summed E-state index contributed by atoms with van der Waals surface area (Å²) in [7, 11) is 0. The maximum absolute atomic E-state index is 10.8. The predicted molar refractivity (Wildman–Crippen MR) is 41.6 cm³/mol. The Balaban J connectivity index is 3.60. The van der Waals surface area contributed by atoms with E-state index in [0.29, 0.717) is 6.42 Å². The number of alkyl halides is 1. The highest BCUT2D eigenvalue weighted by Gasteiger charge is 2.14. The number of ether oxygens (including phenoxy) is 1. The molecule has 0 aromatic carbocycles. The number of halogens is 1. The molecule has 0 aliphatic rings. The highest BCUT2D eigenvalue weighted by atomic mass is 35.5. The third kappa shape index (κ3) is 4.79. The number of Topliss-reactive ketones (excluding diaryl/α,β-unsaturated/α-hetero) is 1. The number of hydrogen-bond donors (Lipinski definition) is 0. The summed E-state index contributed by atoms with van der Waals surface area (Å²) in [4.78, 5) is 21.1. The highest BCUT2D eigenvalue weighted by molar-refractivity contribution is 6.29. The van der Waals surface area contributed by atoms with Crippen molar-refractivity contribution in [3.05, 3.63) is 0 Å². The van der Waals surface area contributed by atoms with Crippen LogP contribution in [0.4, 0.5) is 0 Å². The maximum atomic E-state index is 10.8. The van der Waals surface area contributed by atoms with Gasteiger partial charge in [0.2, 0.25) is 0 Å². The second-order valence-corrected chi connectivity index (χ2v) is 2.71. The van der Waals surface area contributed by atoms with Crippen LogP contribution in [0, 0.1) is 0 Å². The average Bonchev–Trinajstić information content (AvgIpc) is 1.98. The minimum absolute atomic E-state index is 0.179. The van der Waals surface area contributed by atoms with Crippen LogP contribution in [0.1, 0.15) is 20.3 Å². The second-order valence-electron chi connectivity index (χ2n) is 2.19. The first-order valence-corrected chi connectivity index (χ1v) is 3.81. The van der Waals surface area contributed by atoms with Crippen molar-refractivity contribution in [2.24, 2.45) is 0 Å². The van der Waals surface area contributed by atoms with Crippen LogP contribution in [-0.2, 0) is 14.3 Å². The molecular weight excluding hydrogens is 168 g/mol. The van der Waals surface area contributed by atoms with E-state index in [0.717, 1.165) is 0 Å². The van der Waals surface area contributed by atoms with Crippen molar-refractivity contribution in [1.82, 2.24) is 0 Å². The molecule has 0 rings (SSSR count). The first-order chi connectivity index (χ1) is 5.07. The Labute approximate surface area is 70.7 Å². The van der Waals surface area contributed by atoms with Crippen molar-refractivity contribution in [2.75, 3.05) is 6.61 Å². The molecular formula is C7H11ClO3. The summed E-state index contributed by atoms with van der Waals surface area (Å²) in [5.74, 6) is -0.706. The van der Waals surface area contributed by atoms with E-state index >= 15 is 0 Å². The van der Waals surface area contributed by atoms with Crippen LogP contribution in [0.25, 0.3) is 0 Å². The largest absolute Gasteiger partial charge is 0.457 e. The molecule has 0 saturated heterocycles. The van der Waals surface area contributed by atoms with E-state index in [1.807, 2.05) is 0 Å². The summed E-state index contributed by atoms with van der Waals surface area (Å²) in [6.07, 6.45) is 0.512. The third-order valence-electron chi connectivity index (χ3n) is 1.03. The molecule has 11 heavy (non-hydrogen) atoms. The number of esters is 1. The Morgan fingerprint density at radius 3 is 2.45 bits per heavy atom. The fourth-order valence-electron chi connectivity index (χ4n) is 0.430. The molecule has 0 N–H and O–H groups in total. The van der Waals surface area contributed by atoms with Gasteiger partial charge in [0, 0.05) is 0 Å². The summed E-state index contributed by atoms with van der Waals surface area (Å²) >= 11 is 5.51. The number of hydrogen-bond acceptors (Lipinski definition) is 3. The van der Waals surface area contributed by atoms with Gasteiger partial charge < -0.3 is 4.74 Å². The van der Waals surface area contributed by atoms with E-state index in [1.54, 1.807) is 6.92 Å². The maximum Gasteiger partial charge on any atom is 0.324 e. The van der Waals surface area contributed by atoms with Gasteiger partial charge in [0.15, 0.2) is 5.78 Å². The van der Waals surface area contributed by atoms with E-state index in [9.17, 15) is 9.59 Å². The van der Waals surface area contributed by atoms with Crippen molar-refractivity contribution in [3.63, 3.8) is 0 Å². The minimum atomic E-state index is -0.630. The molecule has 3 nitrogen and oxygen atoms in total. The molecule has 0 aromatic rings. The number of carbonyl (C=O) groups is 2. The van der Waals surface area contributed by atoms with Crippen LogP contribution in [0.5, 0.6) is 0 Å². The molecule has 0 saturated carbocycles. The second kappa shape index (κ2) is 5.13. The summed E-state index contributed by atoms with van der Waals surface area (Å²) in [6, 6.07) is 0. The van der Waals surface area contributed by atoms with Crippen molar-refractivity contribution in [2.45, 2.75) is 25.6 Å². The molecule has 1 unspecified atom stereocenters. The average molecular weight is 179 g/mol. The van der Waals surface area contributed by atoms with Crippen molar-refractivity contribution >= 4 is 23.4 Å². The van der Waals surface area contributed by atoms with Gasteiger partial charge in [-0.25, -0.2) is 0 Å². The molecule has 1 atom stereocenters. The van der Waals surface area contributed by atoms with E-state index in [2.05, 4.69) is 4.74 Å². The number of carbonyl (C=O) groups excluding carboxylic acids is 2. The van der Waals surface area contributed by atoms with Gasteiger partial charge in [-0.15, -0.1) is 11.6 Å². The van der Waals surface area contributed by atoms with Gasteiger partial charge in [0.1, 0.15) is 12.0 Å². The molecule has 0 amide bonds. The first kappa shape index (κ1) is 10.4. The zero-order valence-corrected chi connectivity index (χ0v) is 7.35. The van der Waals surface area contributed by atoms with Crippen LogP contribution >= 0.6 is 11.6 Å². The standard InChI is InChI=1S/C7H11ClO3/c1-3-6(8)7(10)11-4-5(2)9/h6H,3-4H2,1-2H3. The molecule has 0 spiro atoms. The van der Waals surface area contributed by atoms with Crippen LogP contribution in [0.15, 0.2) is 0 Å². The molecule has 0 radical (unpaired) electrons.